The Hall–Kier alpha value is -1.09. The molecule has 1 fully saturated rings. The zero-order chi connectivity index (χ0) is 9.80. The van der Waals surface area contributed by atoms with E-state index in [4.69, 9.17) is 4.74 Å². The average Bonchev–Trinajstić information content (AvgIpc) is 2.67. The molecule has 0 aromatic carbocycles. The number of aromatic nitrogens is 1. The molecule has 0 atom stereocenters. The van der Waals surface area contributed by atoms with Crippen molar-refractivity contribution in [3.8, 4) is 5.75 Å². The van der Waals surface area contributed by atoms with E-state index in [1.165, 1.54) is 25.9 Å². The molecule has 0 amide bonds. The molecule has 2 heterocycles. The molecule has 0 radical (unpaired) electrons. The van der Waals surface area contributed by atoms with Crippen molar-refractivity contribution in [2.75, 3.05) is 19.8 Å². The van der Waals surface area contributed by atoms with Crippen LogP contribution in [0.5, 0.6) is 5.75 Å². The molecular formula is C11H16N2O. The van der Waals surface area contributed by atoms with Crippen molar-refractivity contribution < 1.29 is 4.74 Å². The lowest BCUT2D eigenvalue weighted by Gasteiger charge is -2.15. The molecule has 14 heavy (non-hydrogen) atoms. The van der Waals surface area contributed by atoms with Gasteiger partial charge in [0.25, 0.3) is 0 Å². The van der Waals surface area contributed by atoms with Gasteiger partial charge in [0.15, 0.2) is 0 Å². The molecule has 1 saturated heterocycles. The minimum absolute atomic E-state index is 0.700. The Kier molecular flexibility index (Phi) is 2.99. The van der Waals surface area contributed by atoms with Crippen LogP contribution in [0.2, 0.25) is 0 Å². The second kappa shape index (κ2) is 4.42. The highest BCUT2D eigenvalue weighted by Crippen LogP contribution is 2.12. The summed E-state index contributed by atoms with van der Waals surface area (Å²) in [5.74, 6) is 0.872. The summed E-state index contributed by atoms with van der Waals surface area (Å²) < 4.78 is 5.63. The SMILES string of the molecule is Cc1cncc(OCN2CCCC2)c1. The molecule has 1 aliphatic heterocycles. The highest BCUT2D eigenvalue weighted by molar-refractivity contribution is 5.22. The third kappa shape index (κ3) is 2.45. The summed E-state index contributed by atoms with van der Waals surface area (Å²) >= 11 is 0. The summed E-state index contributed by atoms with van der Waals surface area (Å²) in [4.78, 5) is 6.41. The lowest BCUT2D eigenvalue weighted by Crippen LogP contribution is -2.24. The van der Waals surface area contributed by atoms with E-state index in [1.54, 1.807) is 6.20 Å². The standard InChI is InChI=1S/C11H16N2O/c1-10-6-11(8-12-7-10)14-9-13-4-2-3-5-13/h6-8H,2-5,9H2,1H3. The van der Waals surface area contributed by atoms with Crippen molar-refractivity contribution >= 4 is 0 Å². The van der Waals surface area contributed by atoms with E-state index in [0.717, 1.165) is 11.3 Å². The van der Waals surface area contributed by atoms with Crippen LogP contribution >= 0.6 is 0 Å². The minimum Gasteiger partial charge on any atom is -0.477 e. The normalized spacial score (nSPS) is 17.2. The van der Waals surface area contributed by atoms with E-state index in [1.807, 2.05) is 19.2 Å². The van der Waals surface area contributed by atoms with Gasteiger partial charge in [-0.15, -0.1) is 0 Å². The lowest BCUT2D eigenvalue weighted by atomic mass is 10.3. The van der Waals surface area contributed by atoms with Gasteiger partial charge < -0.3 is 4.74 Å². The number of likely N-dealkylation sites (tertiary alicyclic amines) is 1. The quantitative estimate of drug-likeness (QED) is 0.730. The van der Waals surface area contributed by atoms with E-state index < -0.39 is 0 Å². The Morgan fingerprint density at radius 2 is 2.14 bits per heavy atom. The Bertz CT molecular complexity index is 295. The van der Waals surface area contributed by atoms with Gasteiger partial charge >= 0.3 is 0 Å². The average molecular weight is 192 g/mol. The highest BCUT2D eigenvalue weighted by Gasteiger charge is 2.11. The Morgan fingerprint density at radius 3 is 2.86 bits per heavy atom. The van der Waals surface area contributed by atoms with Gasteiger partial charge in [-0.2, -0.15) is 0 Å². The Labute approximate surface area is 84.7 Å². The molecule has 0 N–H and O–H groups in total. The lowest BCUT2D eigenvalue weighted by molar-refractivity contribution is 0.151. The van der Waals surface area contributed by atoms with Crippen LogP contribution in [0.15, 0.2) is 18.5 Å². The number of pyridine rings is 1. The summed E-state index contributed by atoms with van der Waals surface area (Å²) in [6, 6.07) is 2.02. The molecule has 3 heteroatoms. The van der Waals surface area contributed by atoms with Crippen molar-refractivity contribution in [3.63, 3.8) is 0 Å². The molecule has 76 valence electrons. The fourth-order valence-corrected chi connectivity index (χ4v) is 1.68. The van der Waals surface area contributed by atoms with Crippen LogP contribution in [-0.2, 0) is 0 Å². The number of aryl methyl sites for hydroxylation is 1. The molecule has 0 unspecified atom stereocenters. The number of ether oxygens (including phenoxy) is 1. The van der Waals surface area contributed by atoms with Crippen LogP contribution in [0.3, 0.4) is 0 Å². The van der Waals surface area contributed by atoms with Crippen molar-refractivity contribution in [2.24, 2.45) is 0 Å². The first-order valence-electron chi connectivity index (χ1n) is 5.11. The van der Waals surface area contributed by atoms with E-state index in [2.05, 4.69) is 9.88 Å². The fourth-order valence-electron chi connectivity index (χ4n) is 1.68. The first-order chi connectivity index (χ1) is 6.84. The summed E-state index contributed by atoms with van der Waals surface area (Å²) in [6.07, 6.45) is 6.21. The predicted molar refractivity (Wildman–Crippen MR) is 55.3 cm³/mol. The highest BCUT2D eigenvalue weighted by atomic mass is 16.5. The van der Waals surface area contributed by atoms with Crippen molar-refractivity contribution in [1.82, 2.24) is 9.88 Å². The number of hydrogen-bond acceptors (Lipinski definition) is 3. The van der Waals surface area contributed by atoms with Crippen LogP contribution in [-0.4, -0.2) is 29.7 Å². The van der Waals surface area contributed by atoms with Crippen LogP contribution in [0.25, 0.3) is 0 Å². The van der Waals surface area contributed by atoms with E-state index in [-0.39, 0.29) is 0 Å². The summed E-state index contributed by atoms with van der Waals surface area (Å²) in [5.41, 5.74) is 1.14. The number of rotatable bonds is 3. The smallest absolute Gasteiger partial charge is 0.142 e. The van der Waals surface area contributed by atoms with Gasteiger partial charge in [0.1, 0.15) is 12.5 Å². The van der Waals surface area contributed by atoms with Crippen LogP contribution < -0.4 is 4.74 Å². The molecule has 0 saturated carbocycles. The number of hydrogen-bond donors (Lipinski definition) is 0. The first-order valence-corrected chi connectivity index (χ1v) is 5.11. The maximum Gasteiger partial charge on any atom is 0.142 e. The maximum atomic E-state index is 5.63. The summed E-state index contributed by atoms with van der Waals surface area (Å²) in [6.45, 7) is 5.05. The second-order valence-electron chi connectivity index (χ2n) is 3.80. The van der Waals surface area contributed by atoms with Crippen molar-refractivity contribution in [3.05, 3.63) is 24.0 Å². The van der Waals surface area contributed by atoms with Crippen LogP contribution in [0.4, 0.5) is 0 Å². The molecule has 1 aromatic heterocycles. The first kappa shape index (κ1) is 9.46. The van der Waals surface area contributed by atoms with Gasteiger partial charge in [-0.25, -0.2) is 0 Å². The molecule has 0 bridgehead atoms. The topological polar surface area (TPSA) is 25.4 Å². The van der Waals surface area contributed by atoms with Gasteiger partial charge in [0, 0.05) is 19.3 Å². The van der Waals surface area contributed by atoms with Crippen molar-refractivity contribution in [1.29, 1.82) is 0 Å². The third-order valence-electron chi connectivity index (χ3n) is 2.46. The molecule has 1 aliphatic rings. The maximum absolute atomic E-state index is 5.63. The minimum atomic E-state index is 0.700. The van der Waals surface area contributed by atoms with Gasteiger partial charge in [0.2, 0.25) is 0 Å². The van der Waals surface area contributed by atoms with E-state index >= 15 is 0 Å². The molecule has 2 rings (SSSR count). The third-order valence-corrected chi connectivity index (χ3v) is 2.46. The van der Waals surface area contributed by atoms with Crippen molar-refractivity contribution in [2.45, 2.75) is 19.8 Å². The van der Waals surface area contributed by atoms with Gasteiger partial charge in [-0.05, 0) is 31.4 Å². The second-order valence-corrected chi connectivity index (χ2v) is 3.80. The van der Waals surface area contributed by atoms with Gasteiger partial charge in [-0.3, -0.25) is 9.88 Å². The fraction of sp³-hybridized carbons (Fsp3) is 0.545. The predicted octanol–water partition coefficient (Wildman–Crippen LogP) is 1.82. The Balaban J connectivity index is 1.85. The number of nitrogens with zero attached hydrogens (tertiary/aromatic N) is 2. The molecule has 0 spiro atoms. The van der Waals surface area contributed by atoms with Crippen LogP contribution in [0, 0.1) is 6.92 Å². The molecular weight excluding hydrogens is 176 g/mol. The van der Waals surface area contributed by atoms with Gasteiger partial charge in [-0.1, -0.05) is 0 Å². The summed E-state index contributed by atoms with van der Waals surface area (Å²) in [5, 5.41) is 0. The largest absolute Gasteiger partial charge is 0.477 e. The Morgan fingerprint density at radius 1 is 1.36 bits per heavy atom. The molecule has 3 nitrogen and oxygen atoms in total. The van der Waals surface area contributed by atoms with E-state index in [0.29, 0.717) is 6.73 Å². The molecule has 0 aliphatic carbocycles. The van der Waals surface area contributed by atoms with Gasteiger partial charge in [0.05, 0.1) is 6.20 Å². The monoisotopic (exact) mass is 192 g/mol. The van der Waals surface area contributed by atoms with Crippen LogP contribution in [0.1, 0.15) is 18.4 Å². The molecule has 1 aromatic rings. The van der Waals surface area contributed by atoms with E-state index in [9.17, 15) is 0 Å². The summed E-state index contributed by atoms with van der Waals surface area (Å²) in [7, 11) is 0. The zero-order valence-electron chi connectivity index (χ0n) is 8.57. The zero-order valence-corrected chi connectivity index (χ0v) is 8.57.